The van der Waals surface area contributed by atoms with Crippen LogP contribution < -0.4 is 15.4 Å². The summed E-state index contributed by atoms with van der Waals surface area (Å²) in [6, 6.07) is 14.9. The summed E-state index contributed by atoms with van der Waals surface area (Å²) in [6.07, 6.45) is 1.44. The highest BCUT2D eigenvalue weighted by atomic mass is 32.1. The second-order valence-electron chi connectivity index (χ2n) is 8.39. The summed E-state index contributed by atoms with van der Waals surface area (Å²) >= 11 is 0.937. The quantitative estimate of drug-likeness (QED) is 0.522. The van der Waals surface area contributed by atoms with Crippen LogP contribution in [0.4, 0.5) is 5.69 Å². The number of nitrogens with one attached hydrogen (secondary N) is 2. The van der Waals surface area contributed by atoms with E-state index in [2.05, 4.69) is 20.8 Å². The zero-order valence-electron chi connectivity index (χ0n) is 19.6. The molecule has 1 aliphatic rings. The number of piperidine rings is 1. The Morgan fingerprint density at radius 2 is 1.89 bits per heavy atom. The molecule has 0 bridgehead atoms. The molecule has 1 aromatic heterocycles. The molecule has 0 spiro atoms. The Hall–Kier alpha value is -3.79. The largest absolute Gasteiger partial charge is 0.497 e. The molecule has 10 heteroatoms. The third kappa shape index (κ3) is 6.21. The Morgan fingerprint density at radius 3 is 2.63 bits per heavy atom. The lowest BCUT2D eigenvalue weighted by molar-refractivity contribution is -0.126. The number of rotatable bonds is 7. The van der Waals surface area contributed by atoms with Gasteiger partial charge in [-0.1, -0.05) is 41.2 Å². The maximum atomic E-state index is 13.0. The lowest BCUT2D eigenvalue weighted by Gasteiger charge is -2.31. The maximum Gasteiger partial charge on any atom is 0.286 e. The Kier molecular flexibility index (Phi) is 7.71. The number of likely N-dealkylation sites (tertiary alicyclic amines) is 1. The fraction of sp³-hybridized carbons (Fsp3) is 0.320. The van der Waals surface area contributed by atoms with Crippen molar-refractivity contribution in [3.05, 3.63) is 69.7 Å². The zero-order valence-corrected chi connectivity index (χ0v) is 20.4. The number of anilines is 1. The number of carbonyl (C=O) groups is 3. The van der Waals surface area contributed by atoms with E-state index >= 15 is 0 Å². The van der Waals surface area contributed by atoms with Crippen LogP contribution in [0, 0.1) is 12.8 Å². The van der Waals surface area contributed by atoms with Crippen LogP contribution in [-0.2, 0) is 11.3 Å². The number of hydrogen-bond acceptors (Lipinski definition) is 7. The first kappa shape index (κ1) is 24.3. The van der Waals surface area contributed by atoms with Gasteiger partial charge in [0.1, 0.15) is 5.75 Å². The zero-order chi connectivity index (χ0) is 24.8. The number of methoxy groups -OCH3 is 1. The molecule has 1 aliphatic heterocycles. The van der Waals surface area contributed by atoms with Crippen molar-refractivity contribution in [2.75, 3.05) is 25.5 Å². The molecular formula is C25H27N5O4S. The maximum absolute atomic E-state index is 13.0. The summed E-state index contributed by atoms with van der Waals surface area (Å²) in [4.78, 5) is 39.9. The number of amides is 3. The molecule has 2 aromatic carbocycles. The lowest BCUT2D eigenvalue weighted by atomic mass is 9.97. The first-order valence-electron chi connectivity index (χ1n) is 11.3. The van der Waals surface area contributed by atoms with Crippen LogP contribution in [0.25, 0.3) is 0 Å². The predicted octanol–water partition coefficient (Wildman–Crippen LogP) is 3.28. The average molecular weight is 494 g/mol. The monoisotopic (exact) mass is 493 g/mol. The van der Waals surface area contributed by atoms with E-state index in [1.807, 2.05) is 31.2 Å². The van der Waals surface area contributed by atoms with Gasteiger partial charge in [-0.15, -0.1) is 10.2 Å². The van der Waals surface area contributed by atoms with Gasteiger partial charge in [0.2, 0.25) is 15.9 Å². The summed E-state index contributed by atoms with van der Waals surface area (Å²) in [6.45, 7) is 3.31. The van der Waals surface area contributed by atoms with Gasteiger partial charge >= 0.3 is 0 Å². The fourth-order valence-electron chi connectivity index (χ4n) is 3.93. The van der Waals surface area contributed by atoms with Gasteiger partial charge in [-0.3, -0.25) is 14.4 Å². The van der Waals surface area contributed by atoms with Crippen LogP contribution in [0.3, 0.4) is 0 Å². The number of nitrogens with zero attached hydrogens (tertiary/aromatic N) is 3. The van der Waals surface area contributed by atoms with Gasteiger partial charge in [0.15, 0.2) is 0 Å². The third-order valence-electron chi connectivity index (χ3n) is 5.78. The normalized spacial score (nSPS) is 15.4. The van der Waals surface area contributed by atoms with Gasteiger partial charge in [0.25, 0.3) is 11.8 Å². The van der Waals surface area contributed by atoms with Crippen LogP contribution in [0.5, 0.6) is 5.75 Å². The smallest absolute Gasteiger partial charge is 0.286 e. The van der Waals surface area contributed by atoms with Gasteiger partial charge in [-0.25, -0.2) is 0 Å². The molecule has 2 heterocycles. The molecule has 1 atom stereocenters. The van der Waals surface area contributed by atoms with E-state index in [1.54, 1.807) is 36.3 Å². The van der Waals surface area contributed by atoms with Gasteiger partial charge in [0, 0.05) is 25.3 Å². The molecule has 1 fully saturated rings. The van der Waals surface area contributed by atoms with Gasteiger partial charge in [-0.2, -0.15) is 0 Å². The molecule has 35 heavy (non-hydrogen) atoms. The molecule has 9 nitrogen and oxygen atoms in total. The Bertz CT molecular complexity index is 1210. The van der Waals surface area contributed by atoms with E-state index in [-0.39, 0.29) is 27.7 Å². The second kappa shape index (κ2) is 11.1. The summed E-state index contributed by atoms with van der Waals surface area (Å²) < 4.78 is 5.11. The molecule has 182 valence electrons. The summed E-state index contributed by atoms with van der Waals surface area (Å²) in [5, 5.41) is 13.8. The van der Waals surface area contributed by atoms with Crippen molar-refractivity contribution in [1.29, 1.82) is 0 Å². The highest BCUT2D eigenvalue weighted by Gasteiger charge is 2.30. The van der Waals surface area contributed by atoms with Gasteiger partial charge in [0.05, 0.1) is 13.0 Å². The number of aromatic nitrogens is 2. The van der Waals surface area contributed by atoms with Crippen LogP contribution in [-0.4, -0.2) is 53.0 Å². The van der Waals surface area contributed by atoms with E-state index < -0.39 is 5.91 Å². The number of carbonyl (C=O) groups excluding carboxylic acids is 3. The van der Waals surface area contributed by atoms with Crippen LogP contribution >= 0.6 is 11.3 Å². The van der Waals surface area contributed by atoms with Crippen molar-refractivity contribution in [3.8, 4) is 5.75 Å². The molecule has 3 amide bonds. The lowest BCUT2D eigenvalue weighted by Crippen LogP contribution is -2.45. The van der Waals surface area contributed by atoms with Crippen molar-refractivity contribution in [2.45, 2.75) is 26.3 Å². The molecule has 2 N–H and O–H groups in total. The summed E-state index contributed by atoms with van der Waals surface area (Å²) in [5.41, 5.74) is 2.76. The molecular weight excluding hydrogens is 466 g/mol. The molecule has 3 aromatic rings. The topological polar surface area (TPSA) is 114 Å². The number of aryl methyl sites for hydroxylation is 1. The third-order valence-corrected chi connectivity index (χ3v) is 6.69. The highest BCUT2D eigenvalue weighted by Crippen LogP contribution is 2.22. The first-order chi connectivity index (χ1) is 16.9. The Morgan fingerprint density at radius 1 is 1.11 bits per heavy atom. The molecule has 4 rings (SSSR count). The number of hydrogen-bond donors (Lipinski definition) is 2. The first-order valence-corrected chi connectivity index (χ1v) is 12.2. The summed E-state index contributed by atoms with van der Waals surface area (Å²) in [7, 11) is 1.57. The van der Waals surface area contributed by atoms with Crippen LogP contribution in [0.1, 0.15) is 43.6 Å². The standard InChI is InChI=1S/C25H27N5O4S/c1-16-5-3-6-17(13-16)14-26-21(31)18-7-4-12-30(15-18)25(33)24-29-28-23(35-24)22(32)27-19-8-10-20(34-2)11-9-19/h3,5-6,8-11,13,18H,4,7,12,14-15H2,1-2H3,(H,26,31)(H,27,32)/t18-/m1/s1. The Balaban J connectivity index is 1.33. The Labute approximate surface area is 207 Å². The van der Waals surface area contributed by atoms with E-state index in [4.69, 9.17) is 4.74 Å². The van der Waals surface area contributed by atoms with Crippen molar-refractivity contribution in [3.63, 3.8) is 0 Å². The van der Waals surface area contributed by atoms with Crippen molar-refractivity contribution in [1.82, 2.24) is 20.4 Å². The SMILES string of the molecule is COc1ccc(NC(=O)c2nnc(C(=O)N3CCC[C@@H](C(=O)NCc4cccc(C)c4)C3)s2)cc1. The second-order valence-corrected chi connectivity index (χ2v) is 9.37. The molecule has 0 saturated carbocycles. The van der Waals surface area contributed by atoms with Crippen LogP contribution in [0.15, 0.2) is 48.5 Å². The minimum Gasteiger partial charge on any atom is -0.497 e. The van der Waals surface area contributed by atoms with E-state index in [9.17, 15) is 14.4 Å². The molecule has 0 radical (unpaired) electrons. The fourth-order valence-corrected chi connectivity index (χ4v) is 4.63. The summed E-state index contributed by atoms with van der Waals surface area (Å²) in [5.74, 6) is -0.444. The predicted molar refractivity (Wildman–Crippen MR) is 133 cm³/mol. The van der Waals surface area contributed by atoms with Crippen LogP contribution in [0.2, 0.25) is 0 Å². The highest BCUT2D eigenvalue weighted by molar-refractivity contribution is 7.15. The van der Waals surface area contributed by atoms with E-state index in [0.717, 1.165) is 35.3 Å². The molecule has 1 saturated heterocycles. The van der Waals surface area contributed by atoms with Gasteiger partial charge in [-0.05, 0) is 49.6 Å². The van der Waals surface area contributed by atoms with Crippen molar-refractivity contribution in [2.24, 2.45) is 5.92 Å². The van der Waals surface area contributed by atoms with E-state index in [0.29, 0.717) is 31.1 Å². The van der Waals surface area contributed by atoms with Crippen molar-refractivity contribution < 1.29 is 19.1 Å². The average Bonchev–Trinajstić information content (AvgIpc) is 3.38. The van der Waals surface area contributed by atoms with Gasteiger partial charge < -0.3 is 20.3 Å². The molecule has 0 unspecified atom stereocenters. The molecule has 0 aliphatic carbocycles. The number of ether oxygens (including phenoxy) is 1. The van der Waals surface area contributed by atoms with Crippen molar-refractivity contribution >= 4 is 34.7 Å². The number of benzene rings is 2. The van der Waals surface area contributed by atoms with E-state index in [1.165, 1.54) is 0 Å². The minimum absolute atomic E-state index is 0.0687. The minimum atomic E-state index is -0.446.